The van der Waals surface area contributed by atoms with Gasteiger partial charge in [0.25, 0.3) is 5.91 Å². The summed E-state index contributed by atoms with van der Waals surface area (Å²) < 4.78 is 0. The summed E-state index contributed by atoms with van der Waals surface area (Å²) in [5.41, 5.74) is 0. The molecule has 1 heterocycles. The number of hydrogen-bond acceptors (Lipinski definition) is 3. The molecule has 0 aromatic heterocycles. The number of nitrogens with one attached hydrogen (secondary N) is 3. The van der Waals surface area contributed by atoms with Gasteiger partial charge in [-0.05, 0) is 6.42 Å². The van der Waals surface area contributed by atoms with Gasteiger partial charge in [0.2, 0.25) is 5.91 Å². The molecule has 1 aliphatic rings. The van der Waals surface area contributed by atoms with Crippen LogP contribution in [-0.2, 0) is 9.59 Å². The molecule has 0 spiro atoms. The van der Waals surface area contributed by atoms with Crippen molar-refractivity contribution in [3.8, 4) is 0 Å². The Morgan fingerprint density at radius 1 is 1.47 bits per heavy atom. The van der Waals surface area contributed by atoms with Crippen LogP contribution in [0.1, 0.15) is 20.3 Å². The van der Waals surface area contributed by atoms with Gasteiger partial charge in [0, 0.05) is 12.5 Å². The van der Waals surface area contributed by atoms with Crippen molar-refractivity contribution in [2.45, 2.75) is 26.3 Å². The van der Waals surface area contributed by atoms with Gasteiger partial charge < -0.3 is 10.6 Å². The van der Waals surface area contributed by atoms with E-state index in [9.17, 15) is 14.4 Å². The van der Waals surface area contributed by atoms with Gasteiger partial charge in [0.05, 0.1) is 0 Å². The van der Waals surface area contributed by atoms with Gasteiger partial charge in [-0.15, -0.1) is 0 Å². The summed E-state index contributed by atoms with van der Waals surface area (Å²) in [4.78, 5) is 33.0. The minimum atomic E-state index is -0.523. The molecule has 84 valence electrons. The van der Waals surface area contributed by atoms with E-state index in [2.05, 4.69) is 16.0 Å². The van der Waals surface area contributed by atoms with Crippen molar-refractivity contribution in [2.75, 3.05) is 6.54 Å². The average molecular weight is 213 g/mol. The third-order valence-corrected chi connectivity index (χ3v) is 2.12. The molecular formula is C9H15N3O3. The van der Waals surface area contributed by atoms with Gasteiger partial charge in [-0.1, -0.05) is 13.8 Å². The molecule has 0 bridgehead atoms. The van der Waals surface area contributed by atoms with Crippen LogP contribution in [-0.4, -0.2) is 30.4 Å². The fourth-order valence-corrected chi connectivity index (χ4v) is 1.21. The first-order valence-corrected chi connectivity index (χ1v) is 4.89. The Morgan fingerprint density at radius 2 is 2.13 bits per heavy atom. The summed E-state index contributed by atoms with van der Waals surface area (Å²) in [7, 11) is 0. The molecule has 0 radical (unpaired) electrons. The predicted molar refractivity (Wildman–Crippen MR) is 52.9 cm³/mol. The molecule has 4 amide bonds. The highest BCUT2D eigenvalue weighted by Gasteiger charge is 2.28. The average Bonchev–Trinajstić information content (AvgIpc) is 2.45. The zero-order valence-corrected chi connectivity index (χ0v) is 8.79. The molecular weight excluding hydrogens is 198 g/mol. The maximum atomic E-state index is 11.2. The number of imide groups is 1. The quantitative estimate of drug-likeness (QED) is 0.543. The molecule has 15 heavy (non-hydrogen) atoms. The molecule has 1 atom stereocenters. The standard InChI is InChI=1S/C9H15N3O3/c1-5(2)7(13)10-4-3-6-8(14)12-9(15)11-6/h5-6H,3-4H2,1-2H3,(H,10,13)(H2,11,12,14,15). The molecule has 1 rings (SSSR count). The van der Waals surface area contributed by atoms with E-state index in [4.69, 9.17) is 0 Å². The van der Waals surface area contributed by atoms with Crippen LogP contribution < -0.4 is 16.0 Å². The van der Waals surface area contributed by atoms with Crippen LogP contribution in [0.3, 0.4) is 0 Å². The molecule has 1 aliphatic heterocycles. The van der Waals surface area contributed by atoms with E-state index in [0.717, 1.165) is 0 Å². The lowest BCUT2D eigenvalue weighted by atomic mass is 10.2. The van der Waals surface area contributed by atoms with Crippen molar-refractivity contribution < 1.29 is 14.4 Å². The van der Waals surface area contributed by atoms with Crippen LogP contribution in [0.5, 0.6) is 0 Å². The normalized spacial score (nSPS) is 20.1. The summed E-state index contributed by atoms with van der Waals surface area (Å²) >= 11 is 0. The van der Waals surface area contributed by atoms with E-state index >= 15 is 0 Å². The van der Waals surface area contributed by atoms with Crippen molar-refractivity contribution in [2.24, 2.45) is 5.92 Å². The molecule has 0 aliphatic carbocycles. The van der Waals surface area contributed by atoms with Crippen LogP contribution in [0, 0.1) is 5.92 Å². The Kier molecular flexibility index (Phi) is 3.65. The van der Waals surface area contributed by atoms with Gasteiger partial charge in [0.1, 0.15) is 6.04 Å². The number of rotatable bonds is 4. The first-order valence-electron chi connectivity index (χ1n) is 4.89. The Hall–Kier alpha value is -1.59. The summed E-state index contributed by atoms with van der Waals surface area (Å²) in [6, 6.07) is -0.995. The molecule has 1 saturated heterocycles. The summed E-state index contributed by atoms with van der Waals surface area (Å²) in [5.74, 6) is -0.462. The van der Waals surface area contributed by atoms with Crippen LogP contribution in [0.2, 0.25) is 0 Å². The van der Waals surface area contributed by atoms with Crippen molar-refractivity contribution in [1.29, 1.82) is 0 Å². The molecule has 6 heteroatoms. The SMILES string of the molecule is CC(C)C(=O)NCCC1NC(=O)NC1=O. The van der Waals surface area contributed by atoms with Crippen LogP contribution in [0.4, 0.5) is 4.79 Å². The second kappa shape index (κ2) is 4.77. The van der Waals surface area contributed by atoms with Crippen LogP contribution in [0.15, 0.2) is 0 Å². The molecule has 0 aromatic rings. The summed E-state index contributed by atoms with van der Waals surface area (Å²) in [5, 5.41) is 7.26. The number of urea groups is 1. The Bertz CT molecular complexity index is 288. The molecule has 1 unspecified atom stereocenters. The van der Waals surface area contributed by atoms with E-state index in [1.165, 1.54) is 0 Å². The first-order chi connectivity index (χ1) is 7.00. The van der Waals surface area contributed by atoms with E-state index in [0.29, 0.717) is 13.0 Å². The van der Waals surface area contributed by atoms with Crippen LogP contribution in [0.25, 0.3) is 0 Å². The smallest absolute Gasteiger partial charge is 0.322 e. The summed E-state index contributed by atoms with van der Waals surface area (Å²) in [6.07, 6.45) is 0.413. The van der Waals surface area contributed by atoms with Crippen molar-refractivity contribution in [3.63, 3.8) is 0 Å². The number of amides is 4. The zero-order valence-electron chi connectivity index (χ0n) is 8.79. The fourth-order valence-electron chi connectivity index (χ4n) is 1.21. The number of carbonyl (C=O) groups excluding carboxylic acids is 3. The molecule has 0 aromatic carbocycles. The topological polar surface area (TPSA) is 87.3 Å². The lowest BCUT2D eigenvalue weighted by Crippen LogP contribution is -2.35. The maximum Gasteiger partial charge on any atom is 0.322 e. The van der Waals surface area contributed by atoms with Crippen molar-refractivity contribution in [1.82, 2.24) is 16.0 Å². The largest absolute Gasteiger partial charge is 0.356 e. The highest BCUT2D eigenvalue weighted by Crippen LogP contribution is 1.98. The Labute approximate surface area is 87.8 Å². The van der Waals surface area contributed by atoms with Gasteiger partial charge in [0.15, 0.2) is 0 Å². The first kappa shape index (κ1) is 11.5. The number of hydrogen-bond donors (Lipinski definition) is 3. The van der Waals surface area contributed by atoms with E-state index in [-0.39, 0.29) is 17.7 Å². The summed E-state index contributed by atoms with van der Waals surface area (Å²) in [6.45, 7) is 3.97. The minimum absolute atomic E-state index is 0.0558. The monoisotopic (exact) mass is 213 g/mol. The van der Waals surface area contributed by atoms with Gasteiger partial charge in [-0.25, -0.2) is 4.79 Å². The third-order valence-electron chi connectivity index (χ3n) is 2.12. The van der Waals surface area contributed by atoms with Gasteiger partial charge >= 0.3 is 6.03 Å². The van der Waals surface area contributed by atoms with Gasteiger partial charge in [-0.2, -0.15) is 0 Å². The fraction of sp³-hybridized carbons (Fsp3) is 0.667. The molecule has 3 N–H and O–H groups in total. The predicted octanol–water partition coefficient (Wildman–Crippen LogP) is -0.643. The Morgan fingerprint density at radius 3 is 2.60 bits per heavy atom. The minimum Gasteiger partial charge on any atom is -0.356 e. The van der Waals surface area contributed by atoms with Crippen molar-refractivity contribution in [3.05, 3.63) is 0 Å². The van der Waals surface area contributed by atoms with Crippen LogP contribution >= 0.6 is 0 Å². The third kappa shape index (κ3) is 3.23. The lowest BCUT2D eigenvalue weighted by Gasteiger charge is -2.09. The zero-order chi connectivity index (χ0) is 11.4. The second-order valence-electron chi connectivity index (χ2n) is 3.75. The van der Waals surface area contributed by atoms with E-state index in [1.807, 2.05) is 0 Å². The van der Waals surface area contributed by atoms with Crippen molar-refractivity contribution >= 4 is 17.8 Å². The van der Waals surface area contributed by atoms with Gasteiger partial charge in [-0.3, -0.25) is 14.9 Å². The van der Waals surface area contributed by atoms with E-state index < -0.39 is 12.1 Å². The molecule has 0 saturated carbocycles. The molecule has 6 nitrogen and oxygen atoms in total. The van der Waals surface area contributed by atoms with E-state index in [1.54, 1.807) is 13.8 Å². The highest BCUT2D eigenvalue weighted by atomic mass is 16.2. The highest BCUT2D eigenvalue weighted by molar-refractivity contribution is 6.04. The molecule has 1 fully saturated rings. The number of carbonyl (C=O) groups is 3. The lowest BCUT2D eigenvalue weighted by molar-refractivity contribution is -0.124. The maximum absolute atomic E-state index is 11.2. The second-order valence-corrected chi connectivity index (χ2v) is 3.75. The Balaban J connectivity index is 2.24.